The van der Waals surface area contributed by atoms with E-state index in [9.17, 15) is 12.8 Å². The Morgan fingerprint density at radius 3 is 2.56 bits per heavy atom. The van der Waals surface area contributed by atoms with Gasteiger partial charge < -0.3 is 9.47 Å². The molecule has 1 aliphatic rings. The van der Waals surface area contributed by atoms with Crippen LogP contribution in [0.2, 0.25) is 0 Å². The number of nitrogens with one attached hydrogen (secondary N) is 1. The van der Waals surface area contributed by atoms with Gasteiger partial charge in [-0.25, -0.2) is 17.5 Å². The maximum atomic E-state index is 14.0. The van der Waals surface area contributed by atoms with Crippen LogP contribution in [0.25, 0.3) is 0 Å². The van der Waals surface area contributed by atoms with Gasteiger partial charge in [0.2, 0.25) is 10.0 Å². The van der Waals surface area contributed by atoms with Crippen molar-refractivity contribution in [2.24, 2.45) is 0 Å². The van der Waals surface area contributed by atoms with E-state index < -0.39 is 27.5 Å². The maximum Gasteiger partial charge on any atom is 0.241 e. The standard InChI is InChI=1S/C20H24FNO4S/c1-4-20(5-2)13-17(15-8-6-7-9-18(15)26-20)22-27(23,24)14-10-11-19(25-3)16(21)12-14/h6-12,17,22H,4-5,13H2,1-3H3/t17-/m0/s1. The molecule has 27 heavy (non-hydrogen) atoms. The Morgan fingerprint density at radius 2 is 1.93 bits per heavy atom. The third kappa shape index (κ3) is 3.80. The summed E-state index contributed by atoms with van der Waals surface area (Å²) in [4.78, 5) is -0.136. The Kier molecular flexibility index (Phi) is 5.44. The molecule has 0 aromatic heterocycles. The van der Waals surface area contributed by atoms with Crippen LogP contribution < -0.4 is 14.2 Å². The summed E-state index contributed by atoms with van der Waals surface area (Å²) in [5.41, 5.74) is 0.347. The molecule has 3 rings (SSSR count). The SMILES string of the molecule is CCC1(CC)C[C@H](NS(=O)(=O)c2ccc(OC)c(F)c2)c2ccccc2O1. The Hall–Kier alpha value is -2.12. The van der Waals surface area contributed by atoms with E-state index in [0.29, 0.717) is 12.2 Å². The number of ether oxygens (including phenoxy) is 2. The smallest absolute Gasteiger partial charge is 0.241 e. The summed E-state index contributed by atoms with van der Waals surface area (Å²) >= 11 is 0. The number of benzene rings is 2. The van der Waals surface area contributed by atoms with Crippen molar-refractivity contribution in [3.8, 4) is 11.5 Å². The van der Waals surface area contributed by atoms with Gasteiger partial charge in [-0.15, -0.1) is 0 Å². The summed E-state index contributed by atoms with van der Waals surface area (Å²) < 4.78 is 53.6. The van der Waals surface area contributed by atoms with Crippen molar-refractivity contribution >= 4 is 10.0 Å². The second-order valence-electron chi connectivity index (χ2n) is 6.70. The first-order chi connectivity index (χ1) is 12.8. The summed E-state index contributed by atoms with van der Waals surface area (Å²) in [6, 6.07) is 10.6. The van der Waals surface area contributed by atoms with E-state index >= 15 is 0 Å². The number of hydrogen-bond acceptors (Lipinski definition) is 4. The van der Waals surface area contributed by atoms with E-state index in [1.807, 2.05) is 38.1 Å². The molecule has 0 radical (unpaired) electrons. The van der Waals surface area contributed by atoms with Gasteiger partial charge in [-0.3, -0.25) is 0 Å². The molecule has 0 aliphatic carbocycles. The first kappa shape index (κ1) is 19.6. The molecule has 7 heteroatoms. The molecular formula is C20H24FNO4S. The average Bonchev–Trinajstić information content (AvgIpc) is 2.67. The van der Waals surface area contributed by atoms with Crippen molar-refractivity contribution in [3.05, 3.63) is 53.8 Å². The highest BCUT2D eigenvalue weighted by atomic mass is 32.2. The van der Waals surface area contributed by atoms with E-state index in [1.165, 1.54) is 19.2 Å². The zero-order chi connectivity index (χ0) is 19.7. The van der Waals surface area contributed by atoms with Gasteiger partial charge in [0.05, 0.1) is 18.0 Å². The molecule has 1 N–H and O–H groups in total. The number of fused-ring (bicyclic) bond motifs is 1. The monoisotopic (exact) mass is 393 g/mol. The van der Waals surface area contributed by atoms with Gasteiger partial charge in [-0.05, 0) is 37.1 Å². The predicted octanol–water partition coefficient (Wildman–Crippen LogP) is 4.20. The van der Waals surface area contributed by atoms with Crippen LogP contribution in [-0.4, -0.2) is 21.1 Å². The number of para-hydroxylation sites is 1. The molecular weight excluding hydrogens is 369 g/mol. The van der Waals surface area contributed by atoms with Crippen LogP contribution in [0.3, 0.4) is 0 Å². The topological polar surface area (TPSA) is 64.6 Å². The molecule has 146 valence electrons. The molecule has 0 bridgehead atoms. The number of halogens is 1. The minimum atomic E-state index is -3.92. The van der Waals surface area contributed by atoms with Crippen LogP contribution in [0.4, 0.5) is 4.39 Å². The number of rotatable bonds is 6. The molecule has 0 fully saturated rings. The fourth-order valence-electron chi connectivity index (χ4n) is 3.48. The fraction of sp³-hybridized carbons (Fsp3) is 0.400. The third-order valence-corrected chi connectivity index (χ3v) is 6.69. The van der Waals surface area contributed by atoms with Crippen molar-refractivity contribution in [1.82, 2.24) is 4.72 Å². The van der Waals surface area contributed by atoms with Crippen LogP contribution in [0.15, 0.2) is 47.4 Å². The quantitative estimate of drug-likeness (QED) is 0.799. The largest absolute Gasteiger partial charge is 0.494 e. The van der Waals surface area contributed by atoms with Crippen molar-refractivity contribution in [2.45, 2.75) is 49.6 Å². The molecule has 5 nitrogen and oxygen atoms in total. The second-order valence-corrected chi connectivity index (χ2v) is 8.42. The van der Waals surface area contributed by atoms with Gasteiger partial charge in [-0.1, -0.05) is 32.0 Å². The van der Waals surface area contributed by atoms with Crippen LogP contribution >= 0.6 is 0 Å². The molecule has 1 atom stereocenters. The number of methoxy groups -OCH3 is 1. The predicted molar refractivity (Wildman–Crippen MR) is 101 cm³/mol. The van der Waals surface area contributed by atoms with Gasteiger partial charge in [0.15, 0.2) is 11.6 Å². The minimum absolute atomic E-state index is 0.00125. The van der Waals surface area contributed by atoms with E-state index in [-0.39, 0.29) is 10.6 Å². The van der Waals surface area contributed by atoms with E-state index in [0.717, 1.165) is 24.5 Å². The molecule has 1 heterocycles. The highest BCUT2D eigenvalue weighted by Crippen LogP contribution is 2.43. The van der Waals surface area contributed by atoms with Crippen molar-refractivity contribution in [3.63, 3.8) is 0 Å². The molecule has 0 unspecified atom stereocenters. The minimum Gasteiger partial charge on any atom is -0.494 e. The molecule has 1 aliphatic heterocycles. The fourth-order valence-corrected chi connectivity index (χ4v) is 4.70. The Labute approximate surface area is 159 Å². The lowest BCUT2D eigenvalue weighted by atomic mass is 9.84. The molecule has 0 spiro atoms. The summed E-state index contributed by atoms with van der Waals surface area (Å²) in [6.07, 6.45) is 2.02. The van der Waals surface area contributed by atoms with Gasteiger partial charge in [0.1, 0.15) is 11.4 Å². The zero-order valence-electron chi connectivity index (χ0n) is 15.7. The van der Waals surface area contributed by atoms with Crippen molar-refractivity contribution in [2.75, 3.05) is 7.11 Å². The van der Waals surface area contributed by atoms with Gasteiger partial charge in [-0.2, -0.15) is 0 Å². The summed E-state index contributed by atoms with van der Waals surface area (Å²) in [6.45, 7) is 4.06. The normalized spacial score (nSPS) is 18.4. The summed E-state index contributed by atoms with van der Waals surface area (Å²) in [5, 5.41) is 0. The zero-order valence-corrected chi connectivity index (χ0v) is 16.5. The number of hydrogen-bond donors (Lipinski definition) is 1. The van der Waals surface area contributed by atoms with E-state index in [2.05, 4.69) is 4.72 Å². The van der Waals surface area contributed by atoms with Gasteiger partial charge in [0, 0.05) is 12.0 Å². The van der Waals surface area contributed by atoms with Crippen LogP contribution in [0.1, 0.15) is 44.7 Å². The van der Waals surface area contributed by atoms with Crippen molar-refractivity contribution < 1.29 is 22.3 Å². The Balaban J connectivity index is 1.96. The molecule has 2 aromatic rings. The Bertz CT molecular complexity index is 925. The van der Waals surface area contributed by atoms with Crippen LogP contribution in [-0.2, 0) is 10.0 Å². The number of sulfonamides is 1. The van der Waals surface area contributed by atoms with E-state index in [1.54, 1.807) is 0 Å². The van der Waals surface area contributed by atoms with Crippen molar-refractivity contribution in [1.29, 1.82) is 0 Å². The first-order valence-corrected chi connectivity index (χ1v) is 10.5. The lowest BCUT2D eigenvalue weighted by Gasteiger charge is -2.41. The highest BCUT2D eigenvalue weighted by molar-refractivity contribution is 7.89. The summed E-state index contributed by atoms with van der Waals surface area (Å²) in [7, 11) is -2.59. The molecule has 0 amide bonds. The van der Waals surface area contributed by atoms with Crippen LogP contribution in [0.5, 0.6) is 11.5 Å². The van der Waals surface area contributed by atoms with Gasteiger partial charge in [0.25, 0.3) is 0 Å². The molecule has 0 saturated heterocycles. The van der Waals surface area contributed by atoms with Crippen LogP contribution in [0, 0.1) is 5.82 Å². The lowest BCUT2D eigenvalue weighted by molar-refractivity contribution is 0.0260. The molecule has 2 aromatic carbocycles. The first-order valence-electron chi connectivity index (χ1n) is 8.98. The lowest BCUT2D eigenvalue weighted by Crippen LogP contribution is -2.44. The molecule has 0 saturated carbocycles. The van der Waals surface area contributed by atoms with E-state index in [4.69, 9.17) is 9.47 Å². The second kappa shape index (κ2) is 7.48. The third-order valence-electron chi connectivity index (χ3n) is 5.22. The Morgan fingerprint density at radius 1 is 1.22 bits per heavy atom. The highest BCUT2D eigenvalue weighted by Gasteiger charge is 2.40. The maximum absolute atomic E-state index is 14.0. The average molecular weight is 393 g/mol. The summed E-state index contributed by atoms with van der Waals surface area (Å²) in [5.74, 6) is -0.0355. The van der Waals surface area contributed by atoms with Gasteiger partial charge >= 0.3 is 0 Å².